The van der Waals surface area contributed by atoms with Crippen LogP contribution in [0.4, 0.5) is 5.69 Å². The summed E-state index contributed by atoms with van der Waals surface area (Å²) in [5.41, 5.74) is 1.52. The van der Waals surface area contributed by atoms with Crippen LogP contribution < -0.4 is 4.90 Å². The van der Waals surface area contributed by atoms with Crippen LogP contribution >= 0.6 is 11.6 Å². The van der Waals surface area contributed by atoms with Crippen molar-refractivity contribution in [2.24, 2.45) is 0 Å². The molecule has 0 aromatic heterocycles. The highest BCUT2D eigenvalue weighted by Crippen LogP contribution is 2.28. The molecule has 0 unspecified atom stereocenters. The molecule has 0 bridgehead atoms. The summed E-state index contributed by atoms with van der Waals surface area (Å²) in [6.45, 7) is 8.04. The molecule has 0 saturated carbocycles. The van der Waals surface area contributed by atoms with Crippen molar-refractivity contribution < 1.29 is 14.4 Å². The highest BCUT2D eigenvalue weighted by atomic mass is 35.5. The smallest absolute Gasteiger partial charge is 0.248 e. The Morgan fingerprint density at radius 3 is 2.53 bits per heavy atom. The van der Waals surface area contributed by atoms with Crippen molar-refractivity contribution in [2.75, 3.05) is 24.7 Å². The van der Waals surface area contributed by atoms with Gasteiger partial charge in [-0.05, 0) is 44.9 Å². The monoisotopic (exact) mass is 435 g/mol. The Balaban J connectivity index is 1.97. The molecule has 6 nitrogen and oxygen atoms in total. The number of hydrogen-bond donors (Lipinski definition) is 0. The van der Waals surface area contributed by atoms with Gasteiger partial charge < -0.3 is 9.80 Å². The van der Waals surface area contributed by atoms with Gasteiger partial charge in [-0.2, -0.15) is 0 Å². The average Bonchev–Trinajstić information content (AvgIpc) is 3.09. The number of carbonyl (C=O) groups excluding carboxylic acids is 3. The Morgan fingerprint density at radius 1 is 1.17 bits per heavy atom. The molecule has 30 heavy (non-hydrogen) atoms. The number of rotatable bonds is 10. The quantitative estimate of drug-likeness (QED) is 0.512. The molecule has 2 rings (SSSR count). The maximum Gasteiger partial charge on any atom is 0.248 e. The van der Waals surface area contributed by atoms with E-state index in [-0.39, 0.29) is 43.5 Å². The number of halogens is 1. The fourth-order valence-corrected chi connectivity index (χ4v) is 3.81. The van der Waals surface area contributed by atoms with Gasteiger partial charge in [-0.1, -0.05) is 50.3 Å². The predicted molar refractivity (Wildman–Crippen MR) is 120 cm³/mol. The molecule has 0 radical (unpaired) electrons. The molecule has 1 fully saturated rings. The fourth-order valence-electron chi connectivity index (χ4n) is 3.64. The zero-order valence-corrected chi connectivity index (χ0v) is 19.4. The van der Waals surface area contributed by atoms with Crippen LogP contribution in [0.25, 0.3) is 0 Å². The molecule has 1 saturated heterocycles. The number of unbranched alkanes of at least 4 members (excludes halogenated alkanes) is 4. The van der Waals surface area contributed by atoms with E-state index >= 15 is 0 Å². The first-order valence-electron chi connectivity index (χ1n) is 10.9. The van der Waals surface area contributed by atoms with Crippen molar-refractivity contribution in [1.29, 1.82) is 0 Å². The first-order valence-corrected chi connectivity index (χ1v) is 11.3. The van der Waals surface area contributed by atoms with Crippen LogP contribution in [0.3, 0.4) is 0 Å². The minimum Gasteiger partial charge on any atom is -0.331 e. The van der Waals surface area contributed by atoms with Gasteiger partial charge in [0.15, 0.2) is 0 Å². The van der Waals surface area contributed by atoms with Crippen molar-refractivity contribution in [3.8, 4) is 0 Å². The second kappa shape index (κ2) is 11.3. The number of nitrogens with zero attached hydrogens (tertiary/aromatic N) is 3. The zero-order valence-electron chi connectivity index (χ0n) is 18.6. The molecular weight excluding hydrogens is 402 g/mol. The van der Waals surface area contributed by atoms with Crippen LogP contribution in [0.1, 0.15) is 64.9 Å². The topological polar surface area (TPSA) is 60.9 Å². The molecule has 0 spiro atoms. The predicted octanol–water partition coefficient (Wildman–Crippen LogP) is 4.38. The third-order valence-corrected chi connectivity index (χ3v) is 5.97. The second-order valence-corrected chi connectivity index (χ2v) is 8.63. The molecule has 166 valence electrons. The minimum atomic E-state index is -0.210. The number of anilines is 1. The zero-order chi connectivity index (χ0) is 22.3. The summed E-state index contributed by atoms with van der Waals surface area (Å²) >= 11 is 6.18. The van der Waals surface area contributed by atoms with Crippen LogP contribution in [0.2, 0.25) is 5.02 Å². The van der Waals surface area contributed by atoms with Crippen molar-refractivity contribution in [3.05, 3.63) is 28.8 Å². The standard InChI is InChI=1S/C23H34ClN3O3/c1-5-6-7-8-9-13-21(28)26(17(2)3)15-22(29)25-14-23(30)27(16-25)20-12-10-11-19(24)18(20)4/h10-12,17H,5-9,13-16H2,1-4H3. The first-order chi connectivity index (χ1) is 14.3. The van der Waals surface area contributed by atoms with Crippen LogP contribution in [0, 0.1) is 6.92 Å². The lowest BCUT2D eigenvalue weighted by atomic mass is 10.1. The highest BCUT2D eigenvalue weighted by Gasteiger charge is 2.34. The molecule has 0 N–H and O–H groups in total. The summed E-state index contributed by atoms with van der Waals surface area (Å²) in [6, 6.07) is 5.33. The number of benzene rings is 1. The molecule has 1 aromatic carbocycles. The van der Waals surface area contributed by atoms with E-state index in [1.807, 2.05) is 26.8 Å². The third kappa shape index (κ3) is 6.21. The second-order valence-electron chi connectivity index (χ2n) is 8.22. The van der Waals surface area contributed by atoms with Gasteiger partial charge in [0.2, 0.25) is 17.7 Å². The molecule has 1 aliphatic heterocycles. The summed E-state index contributed by atoms with van der Waals surface area (Å²) in [7, 11) is 0. The third-order valence-electron chi connectivity index (χ3n) is 5.57. The Labute approximate surface area is 185 Å². The van der Waals surface area contributed by atoms with E-state index in [1.165, 1.54) is 17.7 Å². The SMILES string of the molecule is CCCCCCCC(=O)N(CC(=O)N1CC(=O)N(c2cccc(Cl)c2C)C1)C(C)C. The van der Waals surface area contributed by atoms with Crippen molar-refractivity contribution >= 4 is 35.0 Å². The van der Waals surface area contributed by atoms with Gasteiger partial charge in [0, 0.05) is 23.2 Å². The Bertz CT molecular complexity index is 766. The van der Waals surface area contributed by atoms with Crippen molar-refractivity contribution in [2.45, 2.75) is 72.3 Å². The maximum atomic E-state index is 12.9. The maximum absolute atomic E-state index is 12.9. The summed E-state index contributed by atoms with van der Waals surface area (Å²) in [4.78, 5) is 42.8. The first kappa shape index (κ1) is 24.2. The summed E-state index contributed by atoms with van der Waals surface area (Å²) in [5, 5.41) is 0.584. The van der Waals surface area contributed by atoms with Crippen LogP contribution in [0.5, 0.6) is 0 Å². The molecule has 0 atom stereocenters. The molecule has 1 aliphatic rings. The Kier molecular flexibility index (Phi) is 9.15. The molecule has 1 heterocycles. The molecular formula is C23H34ClN3O3. The molecule has 1 aromatic rings. The van der Waals surface area contributed by atoms with E-state index in [0.29, 0.717) is 17.1 Å². The molecule has 7 heteroatoms. The van der Waals surface area contributed by atoms with E-state index < -0.39 is 0 Å². The van der Waals surface area contributed by atoms with E-state index in [1.54, 1.807) is 21.9 Å². The van der Waals surface area contributed by atoms with Gasteiger partial charge in [-0.15, -0.1) is 0 Å². The van der Waals surface area contributed by atoms with Gasteiger partial charge in [0.25, 0.3) is 0 Å². The Hall–Kier alpha value is -2.08. The van der Waals surface area contributed by atoms with E-state index in [9.17, 15) is 14.4 Å². The van der Waals surface area contributed by atoms with Crippen LogP contribution in [-0.4, -0.2) is 53.3 Å². The average molecular weight is 436 g/mol. The summed E-state index contributed by atoms with van der Waals surface area (Å²) < 4.78 is 0. The minimum absolute atomic E-state index is 0.00110. The lowest BCUT2D eigenvalue weighted by Gasteiger charge is -2.28. The van der Waals surface area contributed by atoms with Crippen molar-refractivity contribution in [1.82, 2.24) is 9.80 Å². The van der Waals surface area contributed by atoms with Gasteiger partial charge in [-0.3, -0.25) is 19.3 Å². The van der Waals surface area contributed by atoms with Gasteiger partial charge in [0.1, 0.15) is 19.8 Å². The van der Waals surface area contributed by atoms with Gasteiger partial charge >= 0.3 is 0 Å². The van der Waals surface area contributed by atoms with Crippen LogP contribution in [0.15, 0.2) is 18.2 Å². The van der Waals surface area contributed by atoms with Crippen molar-refractivity contribution in [3.63, 3.8) is 0 Å². The van der Waals surface area contributed by atoms with Gasteiger partial charge in [0.05, 0.1) is 0 Å². The van der Waals surface area contributed by atoms with Crippen LogP contribution in [-0.2, 0) is 14.4 Å². The number of amides is 3. The van der Waals surface area contributed by atoms with E-state index in [0.717, 1.165) is 24.8 Å². The van der Waals surface area contributed by atoms with Gasteiger partial charge in [-0.25, -0.2) is 0 Å². The summed E-state index contributed by atoms with van der Waals surface area (Å²) in [6.07, 6.45) is 5.84. The number of carbonyl (C=O) groups is 3. The number of hydrogen-bond acceptors (Lipinski definition) is 3. The molecule has 3 amide bonds. The van der Waals surface area contributed by atoms with E-state index in [4.69, 9.17) is 11.6 Å². The fraction of sp³-hybridized carbons (Fsp3) is 0.609. The largest absolute Gasteiger partial charge is 0.331 e. The van der Waals surface area contributed by atoms with E-state index in [2.05, 4.69) is 6.92 Å². The normalized spacial score (nSPS) is 14.0. The lowest BCUT2D eigenvalue weighted by molar-refractivity contribution is -0.141. The highest BCUT2D eigenvalue weighted by molar-refractivity contribution is 6.31. The summed E-state index contributed by atoms with van der Waals surface area (Å²) in [5.74, 6) is -0.353. The molecule has 0 aliphatic carbocycles. The lowest BCUT2D eigenvalue weighted by Crippen LogP contribution is -2.45. The Morgan fingerprint density at radius 2 is 1.87 bits per heavy atom.